The average Bonchev–Trinajstić information content (AvgIpc) is 2.84. The number of nitrogens with zero attached hydrogens (tertiary/aromatic N) is 1. The molecule has 1 aromatic carbocycles. The van der Waals surface area contributed by atoms with Crippen LogP contribution in [0.4, 0.5) is 0 Å². The lowest BCUT2D eigenvalue weighted by molar-refractivity contribution is -0.149. The zero-order chi connectivity index (χ0) is 14.7. The molecule has 0 aromatic heterocycles. The number of rotatable bonds is 4. The van der Waals surface area contributed by atoms with Crippen LogP contribution in [0.3, 0.4) is 0 Å². The number of carbonyl (C=O) groups excluding carboxylic acids is 1. The van der Waals surface area contributed by atoms with E-state index >= 15 is 0 Å². The quantitative estimate of drug-likeness (QED) is 0.738. The van der Waals surface area contributed by atoms with Crippen LogP contribution in [0.5, 0.6) is 5.75 Å². The van der Waals surface area contributed by atoms with Gasteiger partial charge in [-0.15, -0.1) is 11.8 Å². The lowest BCUT2D eigenvalue weighted by Gasteiger charge is -2.27. The van der Waals surface area contributed by atoms with Gasteiger partial charge in [-0.1, -0.05) is 12.1 Å². The van der Waals surface area contributed by atoms with Crippen LogP contribution < -0.4 is 0 Å². The molecule has 20 heavy (non-hydrogen) atoms. The van der Waals surface area contributed by atoms with E-state index in [0.29, 0.717) is 11.5 Å². The van der Waals surface area contributed by atoms with Gasteiger partial charge in [0.1, 0.15) is 17.2 Å². The molecule has 1 amide bonds. The molecule has 2 rings (SSSR count). The first kappa shape index (κ1) is 15.1. The summed E-state index contributed by atoms with van der Waals surface area (Å²) in [6, 6.07) is 5.67. The van der Waals surface area contributed by atoms with Crippen molar-refractivity contribution in [3.05, 3.63) is 29.8 Å². The number of hydrogen-bond acceptors (Lipinski definition) is 5. The topological polar surface area (TPSA) is 77.8 Å². The smallest absolute Gasteiger partial charge is 0.327 e. The molecule has 2 N–H and O–H groups in total. The molecule has 0 spiro atoms. The molecule has 0 bridgehead atoms. The molecule has 5 nitrogen and oxygen atoms in total. The number of amides is 1. The number of carbonyl (C=O) groups is 2. The maximum absolute atomic E-state index is 12.2. The third-order valence-electron chi connectivity index (χ3n) is 3.08. The number of carboxylic acid groups (broad SMARTS) is 1. The fraction of sp³-hybridized carbons (Fsp3) is 0.385. The Kier molecular flexibility index (Phi) is 4.82. The summed E-state index contributed by atoms with van der Waals surface area (Å²) >= 11 is 5.45. The molecule has 1 heterocycles. The van der Waals surface area contributed by atoms with Gasteiger partial charge < -0.3 is 15.1 Å². The molecule has 0 radical (unpaired) electrons. The summed E-state index contributed by atoms with van der Waals surface area (Å²) < 4.78 is 0. The number of aromatic hydroxyl groups is 1. The Balaban J connectivity index is 2.29. The molecule has 1 aliphatic rings. The number of phenolic OH excluding ortho intramolecular Hbond substituents is 1. The highest BCUT2D eigenvalue weighted by molar-refractivity contribution is 7.99. The number of thioether (sulfide) groups is 1. The van der Waals surface area contributed by atoms with Crippen LogP contribution in [0.1, 0.15) is 17.4 Å². The summed E-state index contributed by atoms with van der Waals surface area (Å²) in [6.45, 7) is 0. The predicted octanol–water partition coefficient (Wildman–Crippen LogP) is 1.74. The van der Waals surface area contributed by atoms with Crippen LogP contribution in [-0.2, 0) is 9.59 Å². The van der Waals surface area contributed by atoms with Gasteiger partial charge in [0.25, 0.3) is 0 Å². The number of aliphatic carboxylic acids is 1. The minimum Gasteiger partial charge on any atom is -0.508 e. The fourth-order valence-electron chi connectivity index (χ4n) is 2.12. The average molecular weight is 313 g/mol. The summed E-state index contributed by atoms with van der Waals surface area (Å²) in [5, 5.41) is 18.2. The summed E-state index contributed by atoms with van der Waals surface area (Å²) in [4.78, 5) is 24.9. The van der Waals surface area contributed by atoms with Crippen LogP contribution in [-0.4, -0.2) is 44.5 Å². The van der Waals surface area contributed by atoms with Crippen molar-refractivity contribution in [2.45, 2.75) is 17.8 Å². The Morgan fingerprint density at radius 3 is 2.55 bits per heavy atom. The van der Waals surface area contributed by atoms with E-state index in [1.807, 2.05) is 0 Å². The first-order valence-electron chi connectivity index (χ1n) is 6.10. The van der Waals surface area contributed by atoms with Crippen LogP contribution >= 0.6 is 24.4 Å². The molecule has 7 heteroatoms. The lowest BCUT2D eigenvalue weighted by atomic mass is 10.1. The zero-order valence-electron chi connectivity index (χ0n) is 10.6. The maximum Gasteiger partial charge on any atom is 0.327 e. The van der Waals surface area contributed by atoms with Crippen molar-refractivity contribution in [1.82, 2.24) is 4.90 Å². The van der Waals surface area contributed by atoms with E-state index in [4.69, 9.17) is 0 Å². The fourth-order valence-corrected chi connectivity index (χ4v) is 3.76. The third-order valence-corrected chi connectivity index (χ3v) is 4.62. The number of carboxylic acids is 1. The van der Waals surface area contributed by atoms with E-state index in [1.165, 1.54) is 28.8 Å². The summed E-state index contributed by atoms with van der Waals surface area (Å²) in [6.07, 6.45) is 0.210. The van der Waals surface area contributed by atoms with E-state index in [2.05, 4.69) is 12.6 Å². The van der Waals surface area contributed by atoms with Crippen molar-refractivity contribution in [2.75, 3.05) is 11.5 Å². The molecule has 2 atom stereocenters. The largest absolute Gasteiger partial charge is 0.508 e. The lowest BCUT2D eigenvalue weighted by Crippen LogP contribution is -2.43. The van der Waals surface area contributed by atoms with E-state index < -0.39 is 12.0 Å². The molecule has 1 aromatic rings. The maximum atomic E-state index is 12.2. The normalized spacial score (nSPS) is 21.9. The Hall–Kier alpha value is -1.34. The standard InChI is InChI=1S/C13H15NO4S2/c15-9-3-1-8(2-4-9)12-14(11(16)5-6-19)10(7-20-12)13(17)18/h1-4,10,12,15,19H,5-7H2,(H,17,18)/t10-,12?/m0/s1. The first-order chi connectivity index (χ1) is 9.54. The van der Waals surface area contributed by atoms with Crippen LogP contribution in [0.2, 0.25) is 0 Å². The minimum atomic E-state index is -0.994. The van der Waals surface area contributed by atoms with Crippen molar-refractivity contribution in [1.29, 1.82) is 0 Å². The van der Waals surface area contributed by atoms with Gasteiger partial charge in [-0.05, 0) is 23.4 Å². The molecule has 0 saturated carbocycles. The SMILES string of the molecule is O=C(O)[C@@H]1CSC(c2ccc(O)cc2)N1C(=O)CCS. The Morgan fingerprint density at radius 1 is 1.35 bits per heavy atom. The number of phenols is 1. The van der Waals surface area contributed by atoms with Gasteiger partial charge in [-0.2, -0.15) is 12.6 Å². The van der Waals surface area contributed by atoms with Gasteiger partial charge in [0.15, 0.2) is 0 Å². The molecule has 1 unspecified atom stereocenters. The van der Waals surface area contributed by atoms with Crippen molar-refractivity contribution < 1.29 is 19.8 Å². The molecule has 108 valence electrons. The van der Waals surface area contributed by atoms with Crippen molar-refractivity contribution in [3.63, 3.8) is 0 Å². The van der Waals surface area contributed by atoms with E-state index in [-0.39, 0.29) is 23.5 Å². The van der Waals surface area contributed by atoms with Gasteiger partial charge >= 0.3 is 5.97 Å². The highest BCUT2D eigenvalue weighted by Crippen LogP contribution is 2.42. The van der Waals surface area contributed by atoms with Gasteiger partial charge in [0, 0.05) is 12.2 Å². The second-order valence-corrected chi connectivity index (χ2v) is 5.97. The van der Waals surface area contributed by atoms with Crippen LogP contribution in [0, 0.1) is 0 Å². The third kappa shape index (κ3) is 3.04. The highest BCUT2D eigenvalue weighted by Gasteiger charge is 2.41. The van der Waals surface area contributed by atoms with Crippen LogP contribution in [0.15, 0.2) is 24.3 Å². The number of hydrogen-bond donors (Lipinski definition) is 3. The van der Waals surface area contributed by atoms with Crippen molar-refractivity contribution >= 4 is 36.3 Å². The summed E-state index contributed by atoms with van der Waals surface area (Å²) in [7, 11) is 0. The summed E-state index contributed by atoms with van der Waals surface area (Å²) in [5.74, 6) is -0.324. The highest BCUT2D eigenvalue weighted by atomic mass is 32.2. The number of benzene rings is 1. The van der Waals surface area contributed by atoms with Gasteiger partial charge in [-0.25, -0.2) is 4.79 Å². The van der Waals surface area contributed by atoms with E-state index in [0.717, 1.165) is 5.56 Å². The Bertz CT molecular complexity index is 506. The molecule has 0 aliphatic carbocycles. The second-order valence-electron chi connectivity index (χ2n) is 4.41. The van der Waals surface area contributed by atoms with E-state index in [1.54, 1.807) is 12.1 Å². The molecule has 1 saturated heterocycles. The minimum absolute atomic E-state index is 0.139. The zero-order valence-corrected chi connectivity index (χ0v) is 12.3. The Morgan fingerprint density at radius 2 is 2.00 bits per heavy atom. The molecule has 1 fully saturated rings. The van der Waals surface area contributed by atoms with Gasteiger partial charge in [0.2, 0.25) is 5.91 Å². The molecule has 1 aliphatic heterocycles. The summed E-state index contributed by atoms with van der Waals surface area (Å²) in [5.41, 5.74) is 0.809. The van der Waals surface area contributed by atoms with Crippen LogP contribution in [0.25, 0.3) is 0 Å². The number of thiol groups is 1. The van der Waals surface area contributed by atoms with Crippen molar-refractivity contribution in [2.24, 2.45) is 0 Å². The monoisotopic (exact) mass is 313 g/mol. The van der Waals surface area contributed by atoms with E-state index in [9.17, 15) is 19.8 Å². The molecular weight excluding hydrogens is 298 g/mol. The molecular formula is C13H15NO4S2. The predicted molar refractivity (Wildman–Crippen MR) is 80.0 cm³/mol. The first-order valence-corrected chi connectivity index (χ1v) is 7.78. The van der Waals surface area contributed by atoms with Gasteiger partial charge in [0.05, 0.1) is 0 Å². The van der Waals surface area contributed by atoms with Gasteiger partial charge in [-0.3, -0.25) is 4.79 Å². The van der Waals surface area contributed by atoms with Crippen molar-refractivity contribution in [3.8, 4) is 5.75 Å². The second kappa shape index (κ2) is 6.41. The Labute approximate surface area is 126 Å².